The monoisotopic (exact) mass is 270 g/mol. The van der Waals surface area contributed by atoms with Crippen molar-refractivity contribution in [2.75, 3.05) is 31.6 Å². The molecule has 0 spiro atoms. The number of aromatic nitrogens is 2. The van der Waals surface area contributed by atoms with Crippen molar-refractivity contribution in [2.24, 2.45) is 5.92 Å². The molecule has 1 aliphatic rings. The van der Waals surface area contributed by atoms with Crippen molar-refractivity contribution in [3.8, 4) is 0 Å². The van der Waals surface area contributed by atoms with Crippen LogP contribution in [0.15, 0.2) is 24.3 Å². The lowest BCUT2D eigenvalue weighted by atomic mass is 9.98. The predicted molar refractivity (Wildman–Crippen MR) is 83.1 cm³/mol. The van der Waals surface area contributed by atoms with Crippen molar-refractivity contribution in [1.82, 2.24) is 15.3 Å². The van der Waals surface area contributed by atoms with Gasteiger partial charge >= 0.3 is 0 Å². The summed E-state index contributed by atoms with van der Waals surface area (Å²) >= 11 is 0. The van der Waals surface area contributed by atoms with Crippen LogP contribution in [0.4, 0.5) is 5.82 Å². The molecule has 1 atom stereocenters. The minimum Gasteiger partial charge on any atom is -0.355 e. The Morgan fingerprint density at radius 2 is 2.00 bits per heavy atom. The van der Waals surface area contributed by atoms with Gasteiger partial charge < -0.3 is 10.2 Å². The number of para-hydroxylation sites is 2. The second kappa shape index (κ2) is 5.75. The molecule has 106 valence electrons. The van der Waals surface area contributed by atoms with Crippen LogP contribution in [0.2, 0.25) is 0 Å². The fourth-order valence-corrected chi connectivity index (χ4v) is 3.09. The lowest BCUT2D eigenvalue weighted by molar-refractivity contribution is 0.401. The van der Waals surface area contributed by atoms with E-state index in [0.717, 1.165) is 42.2 Å². The third kappa shape index (κ3) is 2.61. The lowest BCUT2D eigenvalue weighted by Gasteiger charge is -2.34. The zero-order valence-corrected chi connectivity index (χ0v) is 12.3. The number of hydrogen-bond donors (Lipinski definition) is 1. The van der Waals surface area contributed by atoms with Gasteiger partial charge in [-0.25, -0.2) is 9.97 Å². The molecule has 0 bridgehead atoms. The first-order chi connectivity index (χ1) is 9.78. The number of piperidine rings is 1. The van der Waals surface area contributed by atoms with E-state index >= 15 is 0 Å². The van der Waals surface area contributed by atoms with E-state index in [4.69, 9.17) is 9.97 Å². The van der Waals surface area contributed by atoms with E-state index in [1.165, 1.54) is 12.8 Å². The first-order valence-corrected chi connectivity index (χ1v) is 7.41. The van der Waals surface area contributed by atoms with Crippen LogP contribution < -0.4 is 10.2 Å². The summed E-state index contributed by atoms with van der Waals surface area (Å²) in [6.07, 6.45) is 2.54. The van der Waals surface area contributed by atoms with Crippen LogP contribution in [0, 0.1) is 12.8 Å². The second-order valence-corrected chi connectivity index (χ2v) is 5.63. The van der Waals surface area contributed by atoms with Crippen LogP contribution >= 0.6 is 0 Å². The molecule has 20 heavy (non-hydrogen) atoms. The number of anilines is 1. The van der Waals surface area contributed by atoms with Crippen molar-refractivity contribution in [3.63, 3.8) is 0 Å². The van der Waals surface area contributed by atoms with Crippen LogP contribution in [0.3, 0.4) is 0 Å². The highest BCUT2D eigenvalue weighted by Crippen LogP contribution is 2.25. The average Bonchev–Trinajstić information content (AvgIpc) is 2.47. The third-order valence-electron chi connectivity index (χ3n) is 4.03. The molecule has 1 aromatic heterocycles. The molecule has 3 rings (SSSR count). The minimum absolute atomic E-state index is 0.710. The van der Waals surface area contributed by atoms with Crippen LogP contribution in [-0.4, -0.2) is 36.6 Å². The quantitative estimate of drug-likeness (QED) is 0.929. The van der Waals surface area contributed by atoms with E-state index in [-0.39, 0.29) is 0 Å². The van der Waals surface area contributed by atoms with E-state index in [0.29, 0.717) is 5.92 Å². The van der Waals surface area contributed by atoms with Gasteiger partial charge in [-0.1, -0.05) is 12.1 Å². The summed E-state index contributed by atoms with van der Waals surface area (Å²) in [4.78, 5) is 11.9. The standard InChI is InChI=1S/C16H22N4/c1-12-16(19-15-8-4-3-7-14(15)18-12)20-9-5-6-13(11-20)10-17-2/h3-4,7-8,13,17H,5-6,9-11H2,1-2H3. The number of fused-ring (bicyclic) bond motifs is 1. The summed E-state index contributed by atoms with van der Waals surface area (Å²) in [6, 6.07) is 8.11. The summed E-state index contributed by atoms with van der Waals surface area (Å²) in [7, 11) is 2.03. The molecule has 0 radical (unpaired) electrons. The third-order valence-corrected chi connectivity index (χ3v) is 4.03. The molecular formula is C16H22N4. The smallest absolute Gasteiger partial charge is 0.150 e. The van der Waals surface area contributed by atoms with Gasteiger partial charge in [0.25, 0.3) is 0 Å². The molecular weight excluding hydrogens is 248 g/mol. The molecule has 1 N–H and O–H groups in total. The van der Waals surface area contributed by atoms with Gasteiger partial charge in [0, 0.05) is 13.1 Å². The Kier molecular flexibility index (Phi) is 3.83. The number of hydrogen-bond acceptors (Lipinski definition) is 4. The number of nitrogens with zero attached hydrogens (tertiary/aromatic N) is 3. The van der Waals surface area contributed by atoms with E-state index in [1.807, 2.05) is 31.3 Å². The maximum absolute atomic E-state index is 4.84. The molecule has 1 aliphatic heterocycles. The van der Waals surface area contributed by atoms with Crippen molar-refractivity contribution < 1.29 is 0 Å². The van der Waals surface area contributed by atoms with Gasteiger partial charge in [0.1, 0.15) is 0 Å². The first-order valence-electron chi connectivity index (χ1n) is 7.41. The van der Waals surface area contributed by atoms with Crippen molar-refractivity contribution in [3.05, 3.63) is 30.0 Å². The molecule has 0 aliphatic carbocycles. The second-order valence-electron chi connectivity index (χ2n) is 5.63. The van der Waals surface area contributed by atoms with Gasteiger partial charge in [-0.15, -0.1) is 0 Å². The zero-order valence-electron chi connectivity index (χ0n) is 12.3. The molecule has 4 nitrogen and oxygen atoms in total. The average molecular weight is 270 g/mol. The molecule has 0 saturated carbocycles. The molecule has 1 saturated heterocycles. The lowest BCUT2D eigenvalue weighted by Crippen LogP contribution is -2.39. The Balaban J connectivity index is 1.90. The molecule has 1 fully saturated rings. The number of rotatable bonds is 3. The topological polar surface area (TPSA) is 41.0 Å². The van der Waals surface area contributed by atoms with Crippen molar-refractivity contribution in [1.29, 1.82) is 0 Å². The number of nitrogens with one attached hydrogen (secondary N) is 1. The largest absolute Gasteiger partial charge is 0.355 e. The fraction of sp³-hybridized carbons (Fsp3) is 0.500. The molecule has 4 heteroatoms. The summed E-state index contributed by atoms with van der Waals surface area (Å²) < 4.78 is 0. The highest BCUT2D eigenvalue weighted by molar-refractivity contribution is 5.76. The molecule has 2 aromatic rings. The number of aryl methyl sites for hydroxylation is 1. The van der Waals surface area contributed by atoms with E-state index < -0.39 is 0 Å². The fourth-order valence-electron chi connectivity index (χ4n) is 3.09. The highest BCUT2D eigenvalue weighted by atomic mass is 15.2. The zero-order chi connectivity index (χ0) is 13.9. The van der Waals surface area contributed by atoms with Gasteiger partial charge in [-0.3, -0.25) is 0 Å². The van der Waals surface area contributed by atoms with Crippen LogP contribution in [0.1, 0.15) is 18.5 Å². The van der Waals surface area contributed by atoms with Gasteiger partial charge in [0.05, 0.1) is 16.7 Å². The van der Waals surface area contributed by atoms with Crippen molar-refractivity contribution in [2.45, 2.75) is 19.8 Å². The Bertz CT molecular complexity index is 594. The SMILES string of the molecule is CNCC1CCCN(c2nc3ccccc3nc2C)C1. The summed E-state index contributed by atoms with van der Waals surface area (Å²) in [6.45, 7) is 5.32. The molecule has 1 aromatic carbocycles. The van der Waals surface area contributed by atoms with E-state index in [1.54, 1.807) is 0 Å². The summed E-state index contributed by atoms with van der Waals surface area (Å²) in [5, 5.41) is 3.29. The molecule has 1 unspecified atom stereocenters. The predicted octanol–water partition coefficient (Wildman–Crippen LogP) is 2.37. The molecule has 0 amide bonds. The summed E-state index contributed by atoms with van der Waals surface area (Å²) in [5.41, 5.74) is 3.01. The highest BCUT2D eigenvalue weighted by Gasteiger charge is 2.22. The first kappa shape index (κ1) is 13.3. The van der Waals surface area contributed by atoms with Crippen molar-refractivity contribution >= 4 is 16.9 Å². The van der Waals surface area contributed by atoms with Crippen LogP contribution in [0.25, 0.3) is 11.0 Å². The Morgan fingerprint density at radius 1 is 1.25 bits per heavy atom. The van der Waals surface area contributed by atoms with Crippen LogP contribution in [-0.2, 0) is 0 Å². The minimum atomic E-state index is 0.710. The normalized spacial score (nSPS) is 19.5. The Hall–Kier alpha value is -1.68. The van der Waals surface area contributed by atoms with E-state index in [2.05, 4.69) is 17.1 Å². The molecule has 2 heterocycles. The Morgan fingerprint density at radius 3 is 2.75 bits per heavy atom. The maximum Gasteiger partial charge on any atom is 0.150 e. The Labute approximate surface area is 120 Å². The maximum atomic E-state index is 4.84. The van der Waals surface area contributed by atoms with Gasteiger partial charge in [-0.05, 0) is 51.4 Å². The summed E-state index contributed by atoms with van der Waals surface area (Å²) in [5.74, 6) is 1.77. The van der Waals surface area contributed by atoms with Gasteiger partial charge in [0.15, 0.2) is 5.82 Å². The van der Waals surface area contributed by atoms with Crippen LogP contribution in [0.5, 0.6) is 0 Å². The van der Waals surface area contributed by atoms with Gasteiger partial charge in [-0.2, -0.15) is 0 Å². The van der Waals surface area contributed by atoms with E-state index in [9.17, 15) is 0 Å². The number of benzene rings is 1. The van der Waals surface area contributed by atoms with Gasteiger partial charge in [0.2, 0.25) is 0 Å².